The molecule has 0 amide bonds. The van der Waals surface area contributed by atoms with Crippen molar-refractivity contribution >= 4 is 17.3 Å². The zero-order chi connectivity index (χ0) is 15.4. The molecule has 0 aliphatic rings. The van der Waals surface area contributed by atoms with Crippen LogP contribution in [0, 0.1) is 5.82 Å². The minimum absolute atomic E-state index is 0.213. The molecule has 0 aliphatic carbocycles. The highest BCUT2D eigenvalue weighted by Gasteiger charge is 2.10. The normalized spacial score (nSPS) is 12.2. The van der Waals surface area contributed by atoms with Crippen molar-refractivity contribution in [3.05, 3.63) is 64.4 Å². The molecule has 112 valence electrons. The third-order valence-electron chi connectivity index (χ3n) is 3.66. The van der Waals surface area contributed by atoms with E-state index in [4.69, 9.17) is 11.6 Å². The summed E-state index contributed by atoms with van der Waals surface area (Å²) in [6.45, 7) is 2.78. The second kappa shape index (κ2) is 6.92. The molecule has 1 N–H and O–H groups in total. The summed E-state index contributed by atoms with van der Waals surface area (Å²) in [4.78, 5) is 2.09. The Bertz CT molecular complexity index is 598. The third-order valence-corrected chi connectivity index (χ3v) is 3.98. The lowest BCUT2D eigenvalue weighted by Crippen LogP contribution is -2.17. The summed E-state index contributed by atoms with van der Waals surface area (Å²) in [5, 5.41) is 3.93. The maximum Gasteiger partial charge on any atom is 0.123 e. The molecular formula is C17H20ClFN2. The molecule has 0 heterocycles. The van der Waals surface area contributed by atoms with Crippen molar-refractivity contribution in [3.63, 3.8) is 0 Å². The second-order valence-electron chi connectivity index (χ2n) is 5.20. The number of hydrogen-bond acceptors (Lipinski definition) is 2. The van der Waals surface area contributed by atoms with Gasteiger partial charge in [-0.2, -0.15) is 0 Å². The van der Waals surface area contributed by atoms with Crippen molar-refractivity contribution < 1.29 is 4.39 Å². The van der Waals surface area contributed by atoms with Gasteiger partial charge in [-0.3, -0.25) is 0 Å². The molecule has 2 rings (SSSR count). The van der Waals surface area contributed by atoms with Crippen molar-refractivity contribution in [2.45, 2.75) is 19.5 Å². The van der Waals surface area contributed by atoms with Crippen LogP contribution in [0.3, 0.4) is 0 Å². The van der Waals surface area contributed by atoms with Crippen molar-refractivity contribution in [1.82, 2.24) is 5.32 Å². The van der Waals surface area contributed by atoms with Gasteiger partial charge in [0.1, 0.15) is 5.82 Å². The molecule has 0 radical (unpaired) electrons. The van der Waals surface area contributed by atoms with Gasteiger partial charge in [0.15, 0.2) is 0 Å². The topological polar surface area (TPSA) is 15.3 Å². The minimum Gasteiger partial charge on any atom is -0.370 e. The molecule has 2 aromatic carbocycles. The van der Waals surface area contributed by atoms with Gasteiger partial charge in [-0.15, -0.1) is 0 Å². The van der Waals surface area contributed by atoms with Gasteiger partial charge in [0, 0.05) is 30.3 Å². The first-order valence-corrected chi connectivity index (χ1v) is 7.31. The van der Waals surface area contributed by atoms with E-state index in [9.17, 15) is 4.39 Å². The molecule has 4 heteroatoms. The summed E-state index contributed by atoms with van der Waals surface area (Å²) < 4.78 is 12.9. The molecule has 0 saturated heterocycles. The summed E-state index contributed by atoms with van der Waals surface area (Å²) >= 11 is 6.35. The monoisotopic (exact) mass is 306 g/mol. The van der Waals surface area contributed by atoms with Gasteiger partial charge in [-0.05, 0) is 49.4 Å². The van der Waals surface area contributed by atoms with E-state index in [1.165, 1.54) is 12.1 Å². The minimum atomic E-state index is -0.213. The van der Waals surface area contributed by atoms with Crippen LogP contribution < -0.4 is 10.2 Å². The molecule has 0 saturated carbocycles. The zero-order valence-electron chi connectivity index (χ0n) is 12.5. The SMILES string of the molecule is CNC(C)c1ccc(N(C)Cc2ccc(F)cc2)cc1Cl. The van der Waals surface area contributed by atoms with E-state index in [2.05, 4.69) is 23.2 Å². The molecule has 2 aromatic rings. The van der Waals surface area contributed by atoms with Crippen molar-refractivity contribution in [2.24, 2.45) is 0 Å². The Balaban J connectivity index is 2.14. The average Bonchev–Trinajstić information content (AvgIpc) is 2.48. The van der Waals surface area contributed by atoms with Gasteiger partial charge in [0.2, 0.25) is 0 Å². The quantitative estimate of drug-likeness (QED) is 0.881. The highest BCUT2D eigenvalue weighted by atomic mass is 35.5. The molecule has 21 heavy (non-hydrogen) atoms. The fourth-order valence-electron chi connectivity index (χ4n) is 2.22. The molecular weight excluding hydrogens is 287 g/mol. The fraction of sp³-hybridized carbons (Fsp3) is 0.294. The van der Waals surface area contributed by atoms with Crippen molar-refractivity contribution in [1.29, 1.82) is 0 Å². The van der Waals surface area contributed by atoms with Crippen LogP contribution in [0.4, 0.5) is 10.1 Å². The molecule has 0 fully saturated rings. The molecule has 1 atom stereocenters. The Kier molecular flexibility index (Phi) is 5.21. The molecule has 0 aromatic heterocycles. The van der Waals surface area contributed by atoms with Crippen LogP contribution in [0.25, 0.3) is 0 Å². The lowest BCUT2D eigenvalue weighted by molar-refractivity contribution is 0.627. The largest absolute Gasteiger partial charge is 0.370 e. The average molecular weight is 307 g/mol. The maximum absolute atomic E-state index is 12.9. The summed E-state index contributed by atoms with van der Waals surface area (Å²) in [5.74, 6) is -0.213. The van der Waals surface area contributed by atoms with Crippen molar-refractivity contribution in [3.8, 4) is 0 Å². The van der Waals surface area contributed by atoms with Crippen LogP contribution in [0.2, 0.25) is 5.02 Å². The number of nitrogens with zero attached hydrogens (tertiary/aromatic N) is 1. The van der Waals surface area contributed by atoms with E-state index in [0.29, 0.717) is 6.54 Å². The second-order valence-corrected chi connectivity index (χ2v) is 5.61. The Morgan fingerprint density at radius 3 is 2.43 bits per heavy atom. The first-order valence-electron chi connectivity index (χ1n) is 6.93. The van der Waals surface area contributed by atoms with Gasteiger partial charge < -0.3 is 10.2 Å². The lowest BCUT2D eigenvalue weighted by Gasteiger charge is -2.21. The van der Waals surface area contributed by atoms with E-state index < -0.39 is 0 Å². The van der Waals surface area contributed by atoms with Gasteiger partial charge >= 0.3 is 0 Å². The number of benzene rings is 2. The number of hydrogen-bond donors (Lipinski definition) is 1. The Labute approximate surface area is 130 Å². The number of rotatable bonds is 5. The first kappa shape index (κ1) is 15.8. The van der Waals surface area contributed by atoms with E-state index in [1.807, 2.05) is 26.2 Å². The number of anilines is 1. The Morgan fingerprint density at radius 2 is 1.86 bits per heavy atom. The number of halogens is 2. The van der Waals surface area contributed by atoms with Crippen LogP contribution in [0.15, 0.2) is 42.5 Å². The highest BCUT2D eigenvalue weighted by molar-refractivity contribution is 6.31. The highest BCUT2D eigenvalue weighted by Crippen LogP contribution is 2.28. The lowest BCUT2D eigenvalue weighted by atomic mass is 10.1. The third kappa shape index (κ3) is 3.96. The Hall–Kier alpha value is -1.58. The standard InChI is InChI=1S/C17H20ClFN2/c1-12(20-2)16-9-8-15(10-17(16)18)21(3)11-13-4-6-14(19)7-5-13/h4-10,12,20H,11H2,1-3H3. The van der Waals surface area contributed by atoms with E-state index in [0.717, 1.165) is 21.8 Å². The summed E-state index contributed by atoms with van der Waals surface area (Å²) in [7, 11) is 3.91. The fourth-order valence-corrected chi connectivity index (χ4v) is 2.55. The summed E-state index contributed by atoms with van der Waals surface area (Å²) in [6, 6.07) is 12.8. The molecule has 0 spiro atoms. The predicted octanol–water partition coefficient (Wildman–Crippen LogP) is 4.40. The summed E-state index contributed by atoms with van der Waals surface area (Å²) in [5.41, 5.74) is 3.18. The van der Waals surface area contributed by atoms with Gasteiger partial charge in [0.05, 0.1) is 0 Å². The van der Waals surface area contributed by atoms with Crippen LogP contribution in [-0.2, 0) is 6.54 Å². The van der Waals surface area contributed by atoms with Crippen LogP contribution in [0.1, 0.15) is 24.1 Å². The zero-order valence-corrected chi connectivity index (χ0v) is 13.3. The summed E-state index contributed by atoms with van der Waals surface area (Å²) in [6.07, 6.45) is 0. The smallest absolute Gasteiger partial charge is 0.123 e. The van der Waals surface area contributed by atoms with E-state index in [1.54, 1.807) is 12.1 Å². The maximum atomic E-state index is 12.9. The van der Waals surface area contributed by atoms with E-state index >= 15 is 0 Å². The van der Waals surface area contributed by atoms with E-state index in [-0.39, 0.29) is 11.9 Å². The first-order chi connectivity index (χ1) is 10.0. The van der Waals surface area contributed by atoms with Crippen LogP contribution in [-0.4, -0.2) is 14.1 Å². The Morgan fingerprint density at radius 1 is 1.19 bits per heavy atom. The molecule has 0 aliphatic heterocycles. The number of nitrogens with one attached hydrogen (secondary N) is 1. The molecule has 0 bridgehead atoms. The van der Waals surface area contributed by atoms with Gasteiger partial charge in [-0.25, -0.2) is 4.39 Å². The predicted molar refractivity (Wildman–Crippen MR) is 87.4 cm³/mol. The van der Waals surface area contributed by atoms with Gasteiger partial charge in [0.25, 0.3) is 0 Å². The van der Waals surface area contributed by atoms with Crippen LogP contribution in [0.5, 0.6) is 0 Å². The molecule has 1 unspecified atom stereocenters. The van der Waals surface area contributed by atoms with Crippen LogP contribution >= 0.6 is 11.6 Å². The molecule has 2 nitrogen and oxygen atoms in total. The van der Waals surface area contributed by atoms with Crippen molar-refractivity contribution in [2.75, 3.05) is 19.0 Å². The van der Waals surface area contributed by atoms with Gasteiger partial charge in [-0.1, -0.05) is 29.8 Å².